The Morgan fingerprint density at radius 1 is 1.04 bits per heavy atom. The minimum atomic E-state index is -1.81. The van der Waals surface area contributed by atoms with E-state index >= 15 is 0 Å². The van der Waals surface area contributed by atoms with Crippen molar-refractivity contribution in [1.82, 2.24) is 0 Å². The van der Waals surface area contributed by atoms with E-state index in [9.17, 15) is 15.0 Å². The summed E-state index contributed by atoms with van der Waals surface area (Å²) in [6.07, 6.45) is -0.919. The van der Waals surface area contributed by atoms with Gasteiger partial charge in [-0.2, -0.15) is 0 Å². The van der Waals surface area contributed by atoms with E-state index in [0.717, 1.165) is 0 Å². The Kier molecular flexibility index (Phi) is 4.28. The van der Waals surface area contributed by atoms with Crippen molar-refractivity contribution in [2.24, 2.45) is 0 Å². The van der Waals surface area contributed by atoms with Gasteiger partial charge in [0.15, 0.2) is 17.6 Å². The van der Waals surface area contributed by atoms with Gasteiger partial charge in [0.25, 0.3) is 5.79 Å². The fourth-order valence-electron chi connectivity index (χ4n) is 2.98. The van der Waals surface area contributed by atoms with E-state index in [1.54, 1.807) is 24.3 Å². The number of Topliss-reactive ketones (excluding diaryl/α,β-unsaturated/α-hetero) is 1. The first kappa shape index (κ1) is 17.1. The number of benzene rings is 2. The van der Waals surface area contributed by atoms with E-state index < -0.39 is 29.2 Å². The van der Waals surface area contributed by atoms with Crippen LogP contribution in [-0.4, -0.2) is 43.1 Å². The summed E-state index contributed by atoms with van der Waals surface area (Å²) in [4.78, 5) is 13.1. The van der Waals surface area contributed by atoms with Gasteiger partial charge in [-0.05, 0) is 5.56 Å². The lowest BCUT2D eigenvalue weighted by atomic mass is 9.89. The van der Waals surface area contributed by atoms with Crippen molar-refractivity contribution in [3.8, 4) is 23.0 Å². The van der Waals surface area contributed by atoms with Gasteiger partial charge < -0.3 is 29.2 Å². The molecule has 7 heteroatoms. The predicted octanol–water partition coefficient (Wildman–Crippen LogP) is 2.41. The molecule has 0 aromatic heterocycles. The van der Waals surface area contributed by atoms with Gasteiger partial charge in [0.05, 0.1) is 7.11 Å². The van der Waals surface area contributed by atoms with Gasteiger partial charge in [-0.3, -0.25) is 4.79 Å². The van der Waals surface area contributed by atoms with Crippen molar-refractivity contribution in [2.75, 3.05) is 21.3 Å². The molecule has 2 aromatic rings. The standard InChI is InChI=1S/C18H18O7/c1-22-12-9-11-13(15(20)14(12)19)16(21)18(23-2,24-3)17(25-11)10-7-5-4-6-8-10/h4-9,17,19-20H,1-3H3. The van der Waals surface area contributed by atoms with E-state index in [4.69, 9.17) is 18.9 Å². The maximum absolute atomic E-state index is 13.1. The highest BCUT2D eigenvalue weighted by molar-refractivity contribution is 6.08. The molecule has 0 saturated heterocycles. The SMILES string of the molecule is COc1cc2c(c(O)c1O)C(=O)C(OC)(OC)C(c1ccccc1)O2. The first-order valence-corrected chi connectivity index (χ1v) is 7.49. The second-order valence-corrected chi connectivity index (χ2v) is 5.46. The van der Waals surface area contributed by atoms with Gasteiger partial charge in [-0.15, -0.1) is 0 Å². The van der Waals surface area contributed by atoms with Gasteiger partial charge in [0, 0.05) is 20.3 Å². The molecule has 25 heavy (non-hydrogen) atoms. The zero-order valence-electron chi connectivity index (χ0n) is 14.0. The van der Waals surface area contributed by atoms with Crippen molar-refractivity contribution in [2.45, 2.75) is 11.9 Å². The second kappa shape index (κ2) is 6.27. The number of methoxy groups -OCH3 is 3. The Bertz CT molecular complexity index is 797. The van der Waals surface area contributed by atoms with Crippen molar-refractivity contribution in [3.63, 3.8) is 0 Å². The number of hydrogen-bond acceptors (Lipinski definition) is 7. The summed E-state index contributed by atoms with van der Waals surface area (Å²) in [6.45, 7) is 0. The third kappa shape index (κ3) is 2.40. The number of carbonyl (C=O) groups is 1. The minimum absolute atomic E-state index is 0.0156. The Morgan fingerprint density at radius 3 is 2.24 bits per heavy atom. The molecule has 1 atom stereocenters. The van der Waals surface area contributed by atoms with E-state index in [-0.39, 0.29) is 17.1 Å². The molecule has 0 spiro atoms. The summed E-state index contributed by atoms with van der Waals surface area (Å²) in [5, 5.41) is 20.3. The summed E-state index contributed by atoms with van der Waals surface area (Å²) in [6, 6.07) is 10.3. The van der Waals surface area contributed by atoms with Gasteiger partial charge in [0.2, 0.25) is 11.5 Å². The van der Waals surface area contributed by atoms with Crippen molar-refractivity contribution >= 4 is 5.78 Å². The van der Waals surface area contributed by atoms with Gasteiger partial charge >= 0.3 is 0 Å². The molecule has 1 unspecified atom stereocenters. The third-order valence-corrected chi connectivity index (χ3v) is 4.27. The summed E-state index contributed by atoms with van der Waals surface area (Å²) in [5.74, 6) is -3.63. The molecule has 0 saturated carbocycles. The van der Waals surface area contributed by atoms with Gasteiger partial charge in [0.1, 0.15) is 11.3 Å². The first-order chi connectivity index (χ1) is 12.0. The van der Waals surface area contributed by atoms with Crippen LogP contribution in [0, 0.1) is 0 Å². The number of phenolic OH excluding ortho intramolecular Hbond substituents is 2. The van der Waals surface area contributed by atoms with Crippen LogP contribution in [-0.2, 0) is 9.47 Å². The van der Waals surface area contributed by atoms with Crippen LogP contribution in [0.15, 0.2) is 36.4 Å². The summed E-state index contributed by atoms with van der Waals surface area (Å²) in [5.41, 5.74) is 0.422. The monoisotopic (exact) mass is 346 g/mol. The van der Waals surface area contributed by atoms with Crippen molar-refractivity contribution in [1.29, 1.82) is 0 Å². The number of fused-ring (bicyclic) bond motifs is 1. The lowest BCUT2D eigenvalue weighted by Gasteiger charge is -2.40. The molecule has 0 amide bonds. The molecular formula is C18H18O7. The fraction of sp³-hybridized carbons (Fsp3) is 0.278. The van der Waals surface area contributed by atoms with Crippen LogP contribution < -0.4 is 9.47 Å². The highest BCUT2D eigenvalue weighted by atomic mass is 16.7. The van der Waals surface area contributed by atoms with Crippen LogP contribution in [0.4, 0.5) is 0 Å². The van der Waals surface area contributed by atoms with Crippen LogP contribution >= 0.6 is 0 Å². The number of phenols is 2. The number of ketones is 1. The first-order valence-electron chi connectivity index (χ1n) is 7.49. The lowest BCUT2D eigenvalue weighted by molar-refractivity contribution is -0.222. The summed E-state index contributed by atoms with van der Waals surface area (Å²) in [7, 11) is 3.95. The number of rotatable bonds is 4. The molecule has 3 rings (SSSR count). The van der Waals surface area contributed by atoms with Crippen LogP contribution in [0.3, 0.4) is 0 Å². The van der Waals surface area contributed by atoms with Gasteiger partial charge in [-0.25, -0.2) is 0 Å². The smallest absolute Gasteiger partial charge is 0.276 e. The highest BCUT2D eigenvalue weighted by Gasteiger charge is 2.55. The summed E-state index contributed by atoms with van der Waals surface area (Å²) >= 11 is 0. The molecule has 1 aliphatic heterocycles. The lowest BCUT2D eigenvalue weighted by Crippen LogP contribution is -2.52. The van der Waals surface area contributed by atoms with Crippen LogP contribution in [0.25, 0.3) is 0 Å². The van der Waals surface area contributed by atoms with Gasteiger partial charge in [-0.1, -0.05) is 30.3 Å². The largest absolute Gasteiger partial charge is 0.504 e. The Balaban J connectivity index is 2.25. The second-order valence-electron chi connectivity index (χ2n) is 5.46. The Labute approximate surface area is 144 Å². The molecule has 0 fully saturated rings. The minimum Gasteiger partial charge on any atom is -0.504 e. The third-order valence-electron chi connectivity index (χ3n) is 4.27. The molecule has 7 nitrogen and oxygen atoms in total. The van der Waals surface area contributed by atoms with E-state index in [1.165, 1.54) is 27.4 Å². The summed E-state index contributed by atoms with van der Waals surface area (Å²) < 4.78 is 21.7. The normalized spacial score (nSPS) is 18.4. The zero-order valence-corrected chi connectivity index (χ0v) is 14.0. The molecule has 0 radical (unpaired) electrons. The van der Waals surface area contributed by atoms with Crippen molar-refractivity contribution < 1.29 is 34.0 Å². The van der Waals surface area contributed by atoms with E-state index in [1.807, 2.05) is 6.07 Å². The molecule has 2 aromatic carbocycles. The number of ether oxygens (including phenoxy) is 4. The quantitative estimate of drug-likeness (QED) is 0.648. The number of hydrogen-bond donors (Lipinski definition) is 2. The van der Waals surface area contributed by atoms with Crippen LogP contribution in [0.2, 0.25) is 0 Å². The molecular weight excluding hydrogens is 328 g/mol. The molecule has 1 heterocycles. The Morgan fingerprint density at radius 2 is 1.68 bits per heavy atom. The maximum atomic E-state index is 13.1. The fourth-order valence-corrected chi connectivity index (χ4v) is 2.98. The topological polar surface area (TPSA) is 94.5 Å². The highest BCUT2D eigenvalue weighted by Crippen LogP contribution is 2.51. The predicted molar refractivity (Wildman–Crippen MR) is 87.2 cm³/mol. The molecule has 132 valence electrons. The molecule has 0 aliphatic carbocycles. The van der Waals surface area contributed by atoms with Crippen LogP contribution in [0.5, 0.6) is 23.0 Å². The number of carbonyl (C=O) groups excluding carboxylic acids is 1. The Hall–Kier alpha value is -2.77. The van der Waals surface area contributed by atoms with Crippen LogP contribution in [0.1, 0.15) is 22.0 Å². The average Bonchev–Trinajstić information content (AvgIpc) is 2.65. The van der Waals surface area contributed by atoms with E-state index in [0.29, 0.717) is 5.56 Å². The molecule has 1 aliphatic rings. The average molecular weight is 346 g/mol. The van der Waals surface area contributed by atoms with Crippen molar-refractivity contribution in [3.05, 3.63) is 47.5 Å². The maximum Gasteiger partial charge on any atom is 0.276 e. The zero-order chi connectivity index (χ0) is 18.2. The van der Waals surface area contributed by atoms with E-state index in [2.05, 4.69) is 0 Å². The molecule has 2 N–H and O–H groups in total. The molecule has 0 bridgehead atoms. The number of aromatic hydroxyl groups is 2.